The van der Waals surface area contributed by atoms with Gasteiger partial charge in [-0.1, -0.05) is 27.5 Å². The highest BCUT2D eigenvalue weighted by atomic mass is 79.9. The molecule has 0 aliphatic heterocycles. The van der Waals surface area contributed by atoms with Gasteiger partial charge in [0.2, 0.25) is 15.2 Å². The average Bonchev–Trinajstić information content (AvgIpc) is 2.40. The number of nitrogens with one attached hydrogen (secondary N) is 1. The molecule has 0 saturated carbocycles. The summed E-state index contributed by atoms with van der Waals surface area (Å²) in [5.74, 6) is -0.0194. The van der Waals surface area contributed by atoms with Crippen LogP contribution < -0.4 is 5.32 Å². The van der Waals surface area contributed by atoms with Gasteiger partial charge in [0.25, 0.3) is 5.91 Å². The Kier molecular flexibility index (Phi) is 8.27. The molecule has 1 amide bonds. The SMILES string of the molecule is Cc1cc(Br)ccc1C(=O)Nc1ncc(Cl)cn1.O=S(Cl)Cl. The molecule has 1 heterocycles. The van der Waals surface area contributed by atoms with Gasteiger partial charge in [-0.15, -0.1) is 0 Å². The second kappa shape index (κ2) is 9.42. The molecule has 5 nitrogen and oxygen atoms in total. The second-order valence-corrected chi connectivity index (χ2v) is 7.70. The minimum atomic E-state index is -1.67. The van der Waals surface area contributed by atoms with Gasteiger partial charge in [-0.2, -0.15) is 0 Å². The summed E-state index contributed by atoms with van der Waals surface area (Å²) in [6.45, 7) is 1.86. The lowest BCUT2D eigenvalue weighted by Crippen LogP contribution is -2.15. The summed E-state index contributed by atoms with van der Waals surface area (Å²) in [7, 11) is 7.36. The highest BCUT2D eigenvalue weighted by Gasteiger charge is 2.10. The zero-order chi connectivity index (χ0) is 16.7. The van der Waals surface area contributed by atoms with E-state index in [9.17, 15) is 4.79 Å². The molecule has 2 rings (SSSR count). The van der Waals surface area contributed by atoms with E-state index in [4.69, 9.17) is 15.8 Å². The van der Waals surface area contributed by atoms with Crippen LogP contribution in [0.2, 0.25) is 5.02 Å². The number of halogens is 4. The van der Waals surface area contributed by atoms with Crippen LogP contribution in [0.1, 0.15) is 15.9 Å². The Morgan fingerprint density at radius 3 is 2.32 bits per heavy atom. The van der Waals surface area contributed by atoms with Crippen LogP contribution in [-0.2, 0) is 9.23 Å². The van der Waals surface area contributed by atoms with Gasteiger partial charge in [0, 0.05) is 31.4 Å². The average molecular weight is 446 g/mol. The van der Waals surface area contributed by atoms with Crippen molar-refractivity contribution in [3.05, 3.63) is 51.2 Å². The number of rotatable bonds is 2. The van der Waals surface area contributed by atoms with Crippen molar-refractivity contribution in [1.29, 1.82) is 0 Å². The topological polar surface area (TPSA) is 72.0 Å². The molecule has 0 aliphatic carbocycles. The minimum Gasteiger partial charge on any atom is -0.290 e. The fourth-order valence-corrected chi connectivity index (χ4v) is 2.00. The summed E-state index contributed by atoms with van der Waals surface area (Å²) in [5, 5.41) is 3.03. The van der Waals surface area contributed by atoms with Crippen molar-refractivity contribution in [3.63, 3.8) is 0 Å². The van der Waals surface area contributed by atoms with E-state index >= 15 is 0 Å². The molecule has 2 aromatic rings. The van der Waals surface area contributed by atoms with Crippen molar-refractivity contribution in [2.24, 2.45) is 0 Å². The molecule has 0 spiro atoms. The van der Waals surface area contributed by atoms with Crippen LogP contribution >= 0.6 is 48.9 Å². The molecule has 0 saturated heterocycles. The first-order chi connectivity index (χ1) is 10.3. The first-order valence-corrected chi connectivity index (χ1v) is 9.56. The minimum absolute atomic E-state index is 0.228. The van der Waals surface area contributed by atoms with Crippen molar-refractivity contribution >= 4 is 70.0 Å². The zero-order valence-corrected chi connectivity index (χ0v) is 15.7. The first kappa shape index (κ1) is 19.3. The van der Waals surface area contributed by atoms with Crippen molar-refractivity contribution in [3.8, 4) is 0 Å². The van der Waals surface area contributed by atoms with Crippen LogP contribution in [0, 0.1) is 6.92 Å². The fourth-order valence-electron chi connectivity index (χ4n) is 1.43. The van der Waals surface area contributed by atoms with E-state index in [1.807, 2.05) is 19.1 Å². The van der Waals surface area contributed by atoms with Gasteiger partial charge < -0.3 is 0 Å². The normalized spacial score (nSPS) is 9.91. The molecule has 0 aliphatic rings. The van der Waals surface area contributed by atoms with Crippen molar-refractivity contribution < 1.29 is 9.00 Å². The zero-order valence-electron chi connectivity index (χ0n) is 11.0. The van der Waals surface area contributed by atoms with Gasteiger partial charge in [-0.05, 0) is 30.7 Å². The van der Waals surface area contributed by atoms with Crippen molar-refractivity contribution in [2.45, 2.75) is 6.92 Å². The van der Waals surface area contributed by atoms with E-state index in [0.29, 0.717) is 10.6 Å². The smallest absolute Gasteiger partial charge is 0.258 e. The molecule has 118 valence electrons. The third kappa shape index (κ3) is 7.02. The summed E-state index contributed by atoms with van der Waals surface area (Å²) in [6.07, 6.45) is 2.86. The van der Waals surface area contributed by atoms with Crippen LogP contribution in [0.15, 0.2) is 35.1 Å². The molecule has 22 heavy (non-hydrogen) atoms. The van der Waals surface area contributed by atoms with E-state index in [0.717, 1.165) is 10.0 Å². The molecule has 10 heteroatoms. The number of amides is 1. The third-order valence-corrected chi connectivity index (χ3v) is 2.97. The molecule has 1 aromatic carbocycles. The molecule has 0 fully saturated rings. The van der Waals surface area contributed by atoms with E-state index in [1.165, 1.54) is 12.4 Å². The predicted octanol–water partition coefficient (Wildman–Crippen LogP) is 4.50. The molecule has 1 aromatic heterocycles. The Balaban J connectivity index is 0.000000541. The fraction of sp³-hybridized carbons (Fsp3) is 0.0833. The Bertz CT molecular complexity index is 682. The molecule has 1 N–H and O–H groups in total. The van der Waals surface area contributed by atoms with E-state index < -0.39 is 9.23 Å². The van der Waals surface area contributed by atoms with E-state index in [-0.39, 0.29) is 11.9 Å². The van der Waals surface area contributed by atoms with Gasteiger partial charge >= 0.3 is 0 Å². The number of benzene rings is 1. The maximum absolute atomic E-state index is 12.0. The number of nitrogens with zero attached hydrogens (tertiary/aromatic N) is 2. The Hall–Kier alpha value is -0.730. The Morgan fingerprint density at radius 1 is 1.27 bits per heavy atom. The van der Waals surface area contributed by atoms with Crippen LogP contribution in [0.3, 0.4) is 0 Å². The predicted molar refractivity (Wildman–Crippen MR) is 93.7 cm³/mol. The lowest BCUT2D eigenvalue weighted by Gasteiger charge is -2.06. The third-order valence-electron chi connectivity index (χ3n) is 2.28. The lowest BCUT2D eigenvalue weighted by molar-refractivity contribution is 0.102. The van der Waals surface area contributed by atoms with Crippen molar-refractivity contribution in [1.82, 2.24) is 9.97 Å². The standard InChI is InChI=1S/C12H9BrClN3O.Cl2OS/c1-7-4-8(13)2-3-10(7)11(18)17-12-15-5-9(14)6-16-12;1-4(2)3/h2-6H,1H3,(H,15,16,17,18);. The second-order valence-electron chi connectivity index (χ2n) is 3.82. The summed E-state index contributed by atoms with van der Waals surface area (Å²) in [6, 6.07) is 5.42. The van der Waals surface area contributed by atoms with Crippen LogP contribution in [-0.4, -0.2) is 20.1 Å². The van der Waals surface area contributed by atoms with E-state index in [1.54, 1.807) is 6.07 Å². The number of aromatic nitrogens is 2. The summed E-state index contributed by atoms with van der Waals surface area (Å²) in [5.41, 5.74) is 1.45. The van der Waals surface area contributed by atoms with E-state index in [2.05, 4.69) is 52.6 Å². The quantitative estimate of drug-likeness (QED) is 0.691. The van der Waals surface area contributed by atoms with Gasteiger partial charge in [-0.3, -0.25) is 10.1 Å². The number of hydrogen-bond donors (Lipinski definition) is 1. The van der Waals surface area contributed by atoms with Crippen LogP contribution in [0.25, 0.3) is 0 Å². The molecule has 0 atom stereocenters. The lowest BCUT2D eigenvalue weighted by atomic mass is 10.1. The summed E-state index contributed by atoms with van der Waals surface area (Å²) >= 11 is 9.01. The molecule has 0 bridgehead atoms. The monoisotopic (exact) mass is 443 g/mol. The molecular formula is C12H9BrCl3N3O2S. The maximum atomic E-state index is 12.0. The largest absolute Gasteiger partial charge is 0.290 e. The van der Waals surface area contributed by atoms with Gasteiger partial charge in [0.1, 0.15) is 0 Å². The molecular weight excluding hydrogens is 436 g/mol. The molecule has 0 unspecified atom stereocenters. The number of hydrogen-bond acceptors (Lipinski definition) is 4. The Morgan fingerprint density at radius 2 is 1.82 bits per heavy atom. The van der Waals surface area contributed by atoms with Gasteiger partial charge in [0.05, 0.1) is 17.4 Å². The highest BCUT2D eigenvalue weighted by molar-refractivity contribution is 9.10. The van der Waals surface area contributed by atoms with Crippen molar-refractivity contribution in [2.75, 3.05) is 5.32 Å². The summed E-state index contributed by atoms with van der Waals surface area (Å²) in [4.78, 5) is 19.8. The maximum Gasteiger partial charge on any atom is 0.258 e. The number of carbonyl (C=O) groups is 1. The first-order valence-electron chi connectivity index (χ1n) is 5.59. The van der Waals surface area contributed by atoms with Crippen LogP contribution in [0.5, 0.6) is 0 Å². The Labute approximate surface area is 152 Å². The number of carbonyl (C=O) groups excluding carboxylic acids is 1. The highest BCUT2D eigenvalue weighted by Crippen LogP contribution is 2.16. The number of aryl methyl sites for hydroxylation is 1. The molecule has 0 radical (unpaired) electrons. The van der Waals surface area contributed by atoms with Gasteiger partial charge in [-0.25, -0.2) is 14.2 Å². The van der Waals surface area contributed by atoms with Gasteiger partial charge in [0.15, 0.2) is 0 Å². The van der Waals surface area contributed by atoms with Crippen LogP contribution in [0.4, 0.5) is 5.95 Å². The summed E-state index contributed by atoms with van der Waals surface area (Å²) < 4.78 is 10.0. The number of anilines is 1.